The van der Waals surface area contributed by atoms with E-state index in [-0.39, 0.29) is 5.91 Å². The van der Waals surface area contributed by atoms with Gasteiger partial charge >= 0.3 is 0 Å². The Labute approximate surface area is 138 Å². The molecule has 0 radical (unpaired) electrons. The van der Waals surface area contributed by atoms with Crippen LogP contribution in [0.3, 0.4) is 0 Å². The summed E-state index contributed by atoms with van der Waals surface area (Å²) in [4.78, 5) is 12.0. The number of rotatable bonds is 2. The molecule has 2 aliphatic carbocycles. The zero-order chi connectivity index (χ0) is 15.4. The summed E-state index contributed by atoms with van der Waals surface area (Å²) in [5.74, 6) is -0.344. The number of hydrogen-bond donors (Lipinski definition) is 1. The lowest BCUT2D eigenvalue weighted by Gasteiger charge is -2.15. The van der Waals surface area contributed by atoms with E-state index >= 15 is 0 Å². The summed E-state index contributed by atoms with van der Waals surface area (Å²) in [5, 5.41) is 0. The molecule has 0 heterocycles. The molecule has 0 spiro atoms. The quantitative estimate of drug-likeness (QED) is 0.860. The van der Waals surface area contributed by atoms with Gasteiger partial charge in [0.15, 0.2) is 0 Å². The average Bonchev–Trinajstić information content (AvgIpc) is 2.94. The van der Waals surface area contributed by atoms with Crippen LogP contribution in [0.5, 0.6) is 0 Å². The zero-order valence-electron chi connectivity index (χ0n) is 12.4. The maximum atomic E-state index is 12.0. The predicted octanol–water partition coefficient (Wildman–Crippen LogP) is 4.27. The molecule has 2 N–H and O–H groups in total. The number of hydrogen-bond acceptors (Lipinski definition) is 1. The van der Waals surface area contributed by atoms with E-state index in [0.717, 1.165) is 34.9 Å². The van der Waals surface area contributed by atoms with Crippen molar-refractivity contribution in [2.75, 3.05) is 0 Å². The Balaban J connectivity index is 2.06. The number of amides is 1. The van der Waals surface area contributed by atoms with Gasteiger partial charge in [0.2, 0.25) is 5.91 Å². The molecule has 0 saturated carbocycles. The summed E-state index contributed by atoms with van der Waals surface area (Å²) in [5.41, 5.74) is 14.8. The van der Waals surface area contributed by atoms with Crippen molar-refractivity contribution in [3.05, 3.63) is 62.1 Å². The van der Waals surface area contributed by atoms with Crippen LogP contribution in [-0.4, -0.2) is 5.91 Å². The van der Waals surface area contributed by atoms with Crippen molar-refractivity contribution >= 4 is 27.9 Å². The number of nitrogens with two attached hydrogens (primary N) is 1. The van der Waals surface area contributed by atoms with Crippen LogP contribution in [-0.2, 0) is 19.3 Å². The molecular weight excluding hydrogens is 338 g/mol. The predicted molar refractivity (Wildman–Crippen MR) is 92.9 cm³/mol. The second-order valence-corrected chi connectivity index (χ2v) is 6.95. The topological polar surface area (TPSA) is 43.1 Å². The van der Waals surface area contributed by atoms with Crippen molar-refractivity contribution in [2.24, 2.45) is 5.73 Å². The number of fused-ring (bicyclic) bond motifs is 3. The second kappa shape index (κ2) is 4.82. The molecule has 2 aromatic rings. The van der Waals surface area contributed by atoms with Crippen molar-refractivity contribution in [3.8, 4) is 11.1 Å². The normalized spacial score (nSPS) is 14.9. The Morgan fingerprint density at radius 2 is 2.05 bits per heavy atom. The Hall–Kier alpha value is -1.87. The standard InChI is InChI=1S/C19H16BrNO/c1-10-7-11-3-2-4-13(15(11)8-10)17-14-6-5-12(18(14)20)9-16(17)19(21)22/h2-4,8-9H,5-7H2,1H3,(H2,21,22). The van der Waals surface area contributed by atoms with Crippen LogP contribution in [0.15, 0.2) is 34.3 Å². The SMILES string of the molecule is CC1=Cc2c(cccc2-c2c(C(N)=O)cc3c(Br)c2CC3)C1. The van der Waals surface area contributed by atoms with E-state index in [0.29, 0.717) is 5.56 Å². The molecule has 110 valence electrons. The van der Waals surface area contributed by atoms with Crippen LogP contribution in [0.25, 0.3) is 17.2 Å². The highest BCUT2D eigenvalue weighted by atomic mass is 79.9. The van der Waals surface area contributed by atoms with E-state index in [2.05, 4.69) is 47.1 Å². The molecule has 4 rings (SSSR count). The third-order valence-corrected chi connectivity index (χ3v) is 5.66. The summed E-state index contributed by atoms with van der Waals surface area (Å²) < 4.78 is 1.14. The molecule has 0 aromatic heterocycles. The molecule has 2 nitrogen and oxygen atoms in total. The minimum atomic E-state index is -0.344. The van der Waals surface area contributed by atoms with Crippen LogP contribution in [0.1, 0.15) is 39.5 Å². The van der Waals surface area contributed by atoms with Gasteiger partial charge in [-0.3, -0.25) is 4.79 Å². The van der Waals surface area contributed by atoms with Gasteiger partial charge in [0.1, 0.15) is 0 Å². The van der Waals surface area contributed by atoms with E-state index in [9.17, 15) is 4.79 Å². The molecule has 0 saturated heterocycles. The first-order valence-electron chi connectivity index (χ1n) is 7.49. The first-order chi connectivity index (χ1) is 10.6. The number of benzene rings is 2. The average molecular weight is 354 g/mol. The first-order valence-corrected chi connectivity index (χ1v) is 8.29. The molecule has 0 fully saturated rings. The van der Waals surface area contributed by atoms with Crippen LogP contribution in [0.2, 0.25) is 0 Å². The van der Waals surface area contributed by atoms with Gasteiger partial charge in [-0.05, 0) is 65.6 Å². The van der Waals surface area contributed by atoms with Crippen molar-refractivity contribution in [1.82, 2.24) is 0 Å². The monoisotopic (exact) mass is 353 g/mol. The Morgan fingerprint density at radius 3 is 2.82 bits per heavy atom. The maximum absolute atomic E-state index is 12.0. The number of carbonyl (C=O) groups excluding carboxylic acids is 1. The van der Waals surface area contributed by atoms with Crippen molar-refractivity contribution in [3.63, 3.8) is 0 Å². The molecule has 3 heteroatoms. The van der Waals surface area contributed by atoms with E-state index < -0.39 is 0 Å². The molecular formula is C19H16BrNO. The van der Waals surface area contributed by atoms with Gasteiger partial charge < -0.3 is 5.73 Å². The fraction of sp³-hybridized carbons (Fsp3) is 0.211. The largest absolute Gasteiger partial charge is 0.366 e. The highest BCUT2D eigenvalue weighted by Crippen LogP contribution is 2.43. The van der Waals surface area contributed by atoms with Crippen molar-refractivity contribution in [1.29, 1.82) is 0 Å². The summed E-state index contributed by atoms with van der Waals surface area (Å²) in [7, 11) is 0. The molecule has 0 atom stereocenters. The minimum absolute atomic E-state index is 0.344. The summed E-state index contributed by atoms with van der Waals surface area (Å²) in [6, 6.07) is 8.31. The first kappa shape index (κ1) is 13.8. The van der Waals surface area contributed by atoms with Crippen LogP contribution in [0.4, 0.5) is 0 Å². The van der Waals surface area contributed by atoms with Gasteiger partial charge in [-0.1, -0.05) is 45.8 Å². The van der Waals surface area contributed by atoms with Gasteiger partial charge in [-0.2, -0.15) is 0 Å². The van der Waals surface area contributed by atoms with Gasteiger partial charge in [0.25, 0.3) is 0 Å². The van der Waals surface area contributed by atoms with Crippen LogP contribution in [0, 0.1) is 0 Å². The van der Waals surface area contributed by atoms with Crippen molar-refractivity contribution < 1.29 is 4.79 Å². The number of allylic oxidation sites excluding steroid dienone is 1. The third-order valence-electron chi connectivity index (χ3n) is 4.67. The molecule has 2 bridgehead atoms. The lowest BCUT2D eigenvalue weighted by Crippen LogP contribution is -2.13. The Kier molecular flexibility index (Phi) is 3.01. The third kappa shape index (κ3) is 1.88. The molecule has 0 aliphatic heterocycles. The lowest BCUT2D eigenvalue weighted by atomic mass is 9.90. The molecule has 2 aromatic carbocycles. The summed E-state index contributed by atoms with van der Waals surface area (Å²) in [6.07, 6.45) is 5.16. The van der Waals surface area contributed by atoms with E-state index in [1.165, 1.54) is 27.8 Å². The lowest BCUT2D eigenvalue weighted by molar-refractivity contribution is 0.100. The molecule has 1 amide bonds. The minimum Gasteiger partial charge on any atom is -0.366 e. The van der Waals surface area contributed by atoms with E-state index in [1.807, 2.05) is 6.07 Å². The Morgan fingerprint density at radius 1 is 1.23 bits per heavy atom. The highest BCUT2D eigenvalue weighted by Gasteiger charge is 2.27. The fourth-order valence-electron chi connectivity index (χ4n) is 3.71. The summed E-state index contributed by atoms with van der Waals surface area (Å²) >= 11 is 3.70. The zero-order valence-corrected chi connectivity index (χ0v) is 14.0. The number of carbonyl (C=O) groups is 1. The van der Waals surface area contributed by atoms with Crippen LogP contribution < -0.4 is 5.73 Å². The van der Waals surface area contributed by atoms with Gasteiger partial charge in [-0.25, -0.2) is 0 Å². The molecule has 0 unspecified atom stereocenters. The van der Waals surface area contributed by atoms with Crippen molar-refractivity contribution in [2.45, 2.75) is 26.2 Å². The molecule has 2 aliphatic rings. The van der Waals surface area contributed by atoms with Gasteiger partial charge in [0.05, 0.1) is 0 Å². The van der Waals surface area contributed by atoms with Gasteiger partial charge in [-0.15, -0.1) is 0 Å². The second-order valence-electron chi connectivity index (χ2n) is 6.16. The number of halogens is 1. The fourth-order valence-corrected chi connectivity index (χ4v) is 4.42. The smallest absolute Gasteiger partial charge is 0.249 e. The summed E-state index contributed by atoms with van der Waals surface area (Å²) in [6.45, 7) is 2.15. The van der Waals surface area contributed by atoms with Crippen LogP contribution >= 0.6 is 15.9 Å². The molecule has 22 heavy (non-hydrogen) atoms. The maximum Gasteiger partial charge on any atom is 0.249 e. The number of aryl methyl sites for hydroxylation is 1. The van der Waals surface area contributed by atoms with E-state index in [4.69, 9.17) is 5.73 Å². The highest BCUT2D eigenvalue weighted by molar-refractivity contribution is 9.10. The Bertz CT molecular complexity index is 864. The van der Waals surface area contributed by atoms with E-state index in [1.54, 1.807) is 0 Å². The number of primary amides is 1. The van der Waals surface area contributed by atoms with Gasteiger partial charge in [0, 0.05) is 10.0 Å².